The van der Waals surface area contributed by atoms with Gasteiger partial charge in [0.05, 0.1) is 0 Å². The minimum atomic E-state index is 0.0311. The highest BCUT2D eigenvalue weighted by atomic mass is 16.1. The molecular weight excluding hydrogens is 212 g/mol. The molecule has 2 atom stereocenters. The van der Waals surface area contributed by atoms with Crippen LogP contribution in [-0.4, -0.2) is 18.5 Å². The monoisotopic (exact) mass is 232 g/mol. The van der Waals surface area contributed by atoms with E-state index in [2.05, 4.69) is 5.32 Å². The Morgan fingerprint density at radius 1 is 1.41 bits per heavy atom. The normalized spacial score (nSPS) is 23.6. The molecule has 0 radical (unpaired) electrons. The molecule has 0 heterocycles. The van der Waals surface area contributed by atoms with Crippen molar-refractivity contribution in [2.24, 2.45) is 11.7 Å². The topological polar surface area (TPSA) is 55.1 Å². The van der Waals surface area contributed by atoms with E-state index in [1.54, 1.807) is 0 Å². The Morgan fingerprint density at radius 2 is 2.18 bits per heavy atom. The van der Waals surface area contributed by atoms with Gasteiger partial charge in [-0.05, 0) is 43.7 Å². The summed E-state index contributed by atoms with van der Waals surface area (Å²) in [5.41, 5.74) is 7.65. The van der Waals surface area contributed by atoms with Crippen LogP contribution in [0.3, 0.4) is 0 Å². The van der Waals surface area contributed by atoms with Gasteiger partial charge in [-0.2, -0.15) is 0 Å². The highest BCUT2D eigenvalue weighted by Gasteiger charge is 2.22. The maximum atomic E-state index is 12.0. The van der Waals surface area contributed by atoms with Crippen LogP contribution in [0.25, 0.3) is 0 Å². The molecule has 3 N–H and O–H groups in total. The summed E-state index contributed by atoms with van der Waals surface area (Å²) in [4.78, 5) is 12.0. The first-order valence-electron chi connectivity index (χ1n) is 6.26. The molecule has 0 bridgehead atoms. The zero-order chi connectivity index (χ0) is 12.3. The predicted octanol–water partition coefficient (Wildman–Crippen LogP) is 1.85. The summed E-state index contributed by atoms with van der Waals surface area (Å²) in [5.74, 6) is 0.585. The molecule has 0 saturated heterocycles. The van der Waals surface area contributed by atoms with Crippen molar-refractivity contribution < 1.29 is 4.79 Å². The van der Waals surface area contributed by atoms with Crippen molar-refractivity contribution in [2.75, 3.05) is 6.54 Å². The first kappa shape index (κ1) is 12.1. The van der Waals surface area contributed by atoms with Gasteiger partial charge in [0.15, 0.2) is 0 Å². The van der Waals surface area contributed by atoms with Crippen LogP contribution in [0.5, 0.6) is 0 Å². The number of hydrogen-bond acceptors (Lipinski definition) is 2. The molecule has 3 heteroatoms. The average molecular weight is 232 g/mol. The van der Waals surface area contributed by atoms with Crippen molar-refractivity contribution in [3.63, 3.8) is 0 Å². The summed E-state index contributed by atoms with van der Waals surface area (Å²) in [5, 5.41) is 3.01. The molecule has 2 rings (SSSR count). The summed E-state index contributed by atoms with van der Waals surface area (Å²) in [6.45, 7) is 2.71. The number of carbonyl (C=O) groups excluding carboxylic acids is 1. The lowest BCUT2D eigenvalue weighted by molar-refractivity contribution is 0.0946. The number of nitrogens with two attached hydrogens (primary N) is 1. The second-order valence-electron chi connectivity index (χ2n) is 4.96. The Morgan fingerprint density at radius 3 is 2.82 bits per heavy atom. The lowest BCUT2D eigenvalue weighted by Gasteiger charge is -2.12. The number of amides is 1. The van der Waals surface area contributed by atoms with Crippen molar-refractivity contribution in [1.29, 1.82) is 0 Å². The van der Waals surface area contributed by atoms with Crippen molar-refractivity contribution in [2.45, 2.75) is 32.2 Å². The van der Waals surface area contributed by atoms with E-state index in [0.29, 0.717) is 12.0 Å². The highest BCUT2D eigenvalue weighted by molar-refractivity contribution is 5.95. The highest BCUT2D eigenvalue weighted by Crippen LogP contribution is 2.23. The standard InChI is InChI=1S/C14H20N2O/c1-10-4-2-3-5-13(10)14(17)16-9-11-6-7-12(15)8-11/h2-5,11-12H,6-9,15H2,1H3,(H,16,17). The van der Waals surface area contributed by atoms with Crippen LogP contribution >= 0.6 is 0 Å². The fourth-order valence-electron chi connectivity index (χ4n) is 2.46. The Hall–Kier alpha value is -1.35. The first-order chi connectivity index (χ1) is 8.16. The van der Waals surface area contributed by atoms with E-state index in [1.807, 2.05) is 31.2 Å². The van der Waals surface area contributed by atoms with Gasteiger partial charge in [0.25, 0.3) is 5.91 Å². The van der Waals surface area contributed by atoms with Crippen LogP contribution < -0.4 is 11.1 Å². The van der Waals surface area contributed by atoms with E-state index in [4.69, 9.17) is 5.73 Å². The zero-order valence-corrected chi connectivity index (χ0v) is 10.3. The lowest BCUT2D eigenvalue weighted by Crippen LogP contribution is -2.29. The van der Waals surface area contributed by atoms with Gasteiger partial charge in [-0.3, -0.25) is 4.79 Å². The van der Waals surface area contributed by atoms with Gasteiger partial charge < -0.3 is 11.1 Å². The minimum Gasteiger partial charge on any atom is -0.352 e. The summed E-state index contributed by atoms with van der Waals surface area (Å²) < 4.78 is 0. The van der Waals surface area contributed by atoms with E-state index in [9.17, 15) is 4.79 Å². The number of nitrogens with one attached hydrogen (secondary N) is 1. The second kappa shape index (κ2) is 5.32. The van der Waals surface area contributed by atoms with E-state index in [-0.39, 0.29) is 5.91 Å². The third-order valence-electron chi connectivity index (χ3n) is 3.52. The lowest BCUT2D eigenvalue weighted by atomic mass is 10.1. The third kappa shape index (κ3) is 3.07. The fraction of sp³-hybridized carbons (Fsp3) is 0.500. The maximum absolute atomic E-state index is 12.0. The maximum Gasteiger partial charge on any atom is 0.251 e. The molecule has 0 aliphatic heterocycles. The van der Waals surface area contributed by atoms with Crippen LogP contribution in [0.2, 0.25) is 0 Å². The fourth-order valence-corrected chi connectivity index (χ4v) is 2.46. The average Bonchev–Trinajstić information content (AvgIpc) is 2.73. The van der Waals surface area contributed by atoms with Crippen LogP contribution in [0.4, 0.5) is 0 Å². The molecule has 1 aliphatic rings. The molecule has 1 aromatic rings. The first-order valence-corrected chi connectivity index (χ1v) is 6.26. The van der Waals surface area contributed by atoms with E-state index >= 15 is 0 Å². The van der Waals surface area contributed by atoms with Gasteiger partial charge in [0, 0.05) is 18.2 Å². The molecule has 1 saturated carbocycles. The zero-order valence-electron chi connectivity index (χ0n) is 10.3. The predicted molar refractivity (Wildman–Crippen MR) is 68.8 cm³/mol. The molecule has 1 amide bonds. The number of benzene rings is 1. The van der Waals surface area contributed by atoms with E-state index in [0.717, 1.165) is 36.9 Å². The number of hydrogen-bond donors (Lipinski definition) is 2. The van der Waals surface area contributed by atoms with Crippen molar-refractivity contribution in [3.8, 4) is 0 Å². The van der Waals surface area contributed by atoms with Crippen molar-refractivity contribution in [3.05, 3.63) is 35.4 Å². The summed E-state index contributed by atoms with van der Waals surface area (Å²) in [6, 6.07) is 8.00. The quantitative estimate of drug-likeness (QED) is 0.835. The minimum absolute atomic E-state index is 0.0311. The van der Waals surface area contributed by atoms with Gasteiger partial charge in [-0.1, -0.05) is 18.2 Å². The number of carbonyl (C=O) groups is 1. The molecule has 17 heavy (non-hydrogen) atoms. The molecule has 0 spiro atoms. The van der Waals surface area contributed by atoms with Gasteiger partial charge in [-0.25, -0.2) is 0 Å². The van der Waals surface area contributed by atoms with Gasteiger partial charge >= 0.3 is 0 Å². The summed E-state index contributed by atoms with van der Waals surface area (Å²) in [6.07, 6.45) is 3.26. The molecule has 1 fully saturated rings. The number of aryl methyl sites for hydroxylation is 1. The number of rotatable bonds is 3. The molecule has 2 unspecified atom stereocenters. The van der Waals surface area contributed by atoms with E-state index < -0.39 is 0 Å². The van der Waals surface area contributed by atoms with E-state index in [1.165, 1.54) is 0 Å². The van der Waals surface area contributed by atoms with Gasteiger partial charge in [-0.15, -0.1) is 0 Å². The molecular formula is C14H20N2O. The van der Waals surface area contributed by atoms with Crippen molar-refractivity contribution >= 4 is 5.91 Å². The SMILES string of the molecule is Cc1ccccc1C(=O)NCC1CCC(N)C1. The summed E-state index contributed by atoms with van der Waals surface area (Å²) in [7, 11) is 0. The Bertz CT molecular complexity index is 403. The molecule has 1 aliphatic carbocycles. The van der Waals surface area contributed by atoms with Crippen LogP contribution in [0.1, 0.15) is 35.2 Å². The molecule has 0 aromatic heterocycles. The van der Waals surface area contributed by atoms with Gasteiger partial charge in [0.1, 0.15) is 0 Å². The largest absolute Gasteiger partial charge is 0.352 e. The Kier molecular flexibility index (Phi) is 3.79. The molecule has 92 valence electrons. The smallest absolute Gasteiger partial charge is 0.251 e. The third-order valence-corrected chi connectivity index (χ3v) is 3.52. The van der Waals surface area contributed by atoms with Gasteiger partial charge in [0.2, 0.25) is 0 Å². The van der Waals surface area contributed by atoms with Crippen LogP contribution in [-0.2, 0) is 0 Å². The van der Waals surface area contributed by atoms with Crippen LogP contribution in [0.15, 0.2) is 24.3 Å². The second-order valence-corrected chi connectivity index (χ2v) is 4.96. The summed E-state index contributed by atoms with van der Waals surface area (Å²) >= 11 is 0. The Balaban J connectivity index is 1.88. The molecule has 3 nitrogen and oxygen atoms in total. The van der Waals surface area contributed by atoms with Crippen LogP contribution in [0, 0.1) is 12.8 Å². The molecule has 1 aromatic carbocycles. The Labute approximate surface area is 102 Å². The van der Waals surface area contributed by atoms with Crippen molar-refractivity contribution in [1.82, 2.24) is 5.32 Å².